The van der Waals surface area contributed by atoms with Crippen molar-refractivity contribution >= 4 is 17.2 Å². The monoisotopic (exact) mass is 1100 g/mol. The first-order valence-corrected chi connectivity index (χ1v) is 25.2. The maximum absolute atomic E-state index is 6.96. The van der Waals surface area contributed by atoms with Crippen LogP contribution in [0.5, 0.6) is 0 Å². The van der Waals surface area contributed by atoms with Crippen LogP contribution in [0.4, 0.5) is 0 Å². The number of rotatable bonds is 24. The van der Waals surface area contributed by atoms with Gasteiger partial charge in [-0.2, -0.15) is 0 Å². The average Bonchev–Trinajstić information content (AvgIpc) is 3.34. The zero-order chi connectivity index (χ0) is 46.6. The van der Waals surface area contributed by atoms with E-state index in [0.717, 1.165) is 150 Å². The van der Waals surface area contributed by atoms with Gasteiger partial charge in [-0.15, -0.1) is 35.4 Å². The summed E-state index contributed by atoms with van der Waals surface area (Å²) in [5.74, 6) is 17.0. The maximum Gasteiger partial charge on any atom is 2.00 e. The average molecular weight is 1100 g/mol. The largest absolute Gasteiger partial charge is 2.00 e. The van der Waals surface area contributed by atoms with Gasteiger partial charge < -0.3 is 40.0 Å². The summed E-state index contributed by atoms with van der Waals surface area (Å²) in [6, 6.07) is 34.7. The summed E-state index contributed by atoms with van der Waals surface area (Å²) in [7, 11) is -2.19. The third-order valence-corrected chi connectivity index (χ3v) is 10.8. The minimum atomic E-state index is -1.10. The third-order valence-electron chi connectivity index (χ3n) is 8.48. The maximum atomic E-state index is 6.96. The summed E-state index contributed by atoms with van der Waals surface area (Å²) in [6.45, 7) is 17.4. The Kier molecular flexibility index (Phi) is 43.1. The summed E-state index contributed by atoms with van der Waals surface area (Å²) in [4.78, 5) is 0. The van der Waals surface area contributed by atoms with Crippen LogP contribution in [0.3, 0.4) is 0 Å². The number of benzene rings is 4. The SMILES string of the molecule is CCCCOP(OCCCC)OCCCC.CCCCOP(OCCCC)OCCCC.[C-]#Cc1ccc(C#Cc2ccccc2)cc1.[C-]#Cc1ccc(C#Cc2ccccc2)cc1.[Pt+2]. The molecule has 0 atom stereocenters. The Labute approximate surface area is 412 Å². The van der Waals surface area contributed by atoms with Crippen molar-refractivity contribution < 1.29 is 48.2 Å². The molecule has 4 aromatic rings. The van der Waals surface area contributed by atoms with Gasteiger partial charge >= 0.3 is 38.3 Å². The van der Waals surface area contributed by atoms with Crippen LogP contribution in [0.2, 0.25) is 0 Å². The summed E-state index contributed by atoms with van der Waals surface area (Å²) in [6.07, 6.45) is 27.3. The van der Waals surface area contributed by atoms with Gasteiger partial charge in [0.25, 0.3) is 0 Å². The molecule has 0 N–H and O–H groups in total. The molecule has 0 aromatic heterocycles. The summed E-state index contributed by atoms with van der Waals surface area (Å²) < 4.78 is 33.6. The smallest absolute Gasteiger partial charge is 0.366 e. The van der Waals surface area contributed by atoms with E-state index < -0.39 is 17.2 Å². The van der Waals surface area contributed by atoms with E-state index in [4.69, 9.17) is 40.0 Å². The Morgan fingerprint density at radius 2 is 0.523 bits per heavy atom. The molecular formula is C56H72O6P2Pt. The molecule has 0 aliphatic rings. The molecule has 0 unspecified atom stereocenters. The van der Waals surface area contributed by atoms with Crippen LogP contribution >= 0.6 is 17.2 Å². The zero-order valence-corrected chi connectivity index (χ0v) is 43.8. The van der Waals surface area contributed by atoms with Gasteiger partial charge in [0, 0.05) is 22.3 Å². The first-order valence-electron chi connectivity index (χ1n) is 23.0. The second-order valence-corrected chi connectivity index (χ2v) is 16.6. The number of hydrogen-bond acceptors (Lipinski definition) is 6. The third kappa shape index (κ3) is 35.3. The molecule has 6 nitrogen and oxygen atoms in total. The predicted molar refractivity (Wildman–Crippen MR) is 269 cm³/mol. The van der Waals surface area contributed by atoms with Crippen molar-refractivity contribution in [3.05, 3.63) is 155 Å². The molecule has 0 saturated carbocycles. The van der Waals surface area contributed by atoms with Crippen LogP contribution in [0, 0.1) is 48.4 Å². The molecule has 0 aliphatic carbocycles. The van der Waals surface area contributed by atoms with Gasteiger partial charge in [-0.25, -0.2) is 0 Å². The number of unbranched alkanes of at least 4 members (excludes halogenated alkanes) is 6. The summed E-state index contributed by atoms with van der Waals surface area (Å²) in [5, 5.41) is 0. The van der Waals surface area contributed by atoms with Crippen molar-refractivity contribution in [2.75, 3.05) is 39.6 Å². The first kappa shape index (κ1) is 61.4. The molecule has 0 heterocycles. The first-order chi connectivity index (χ1) is 31.5. The van der Waals surface area contributed by atoms with E-state index >= 15 is 0 Å². The number of hydrogen-bond donors (Lipinski definition) is 0. The van der Waals surface area contributed by atoms with E-state index in [1.54, 1.807) is 0 Å². The minimum absolute atomic E-state index is 0. The van der Waals surface area contributed by atoms with Crippen LogP contribution in [-0.2, 0) is 48.2 Å². The van der Waals surface area contributed by atoms with Crippen LogP contribution < -0.4 is 0 Å². The molecule has 65 heavy (non-hydrogen) atoms. The molecular weight excluding hydrogens is 1030 g/mol. The molecule has 9 heteroatoms. The van der Waals surface area contributed by atoms with Gasteiger partial charge in [0.2, 0.25) is 0 Å². The molecule has 4 aromatic carbocycles. The van der Waals surface area contributed by atoms with Crippen LogP contribution in [0.15, 0.2) is 109 Å². The zero-order valence-electron chi connectivity index (χ0n) is 39.8. The fourth-order valence-electron chi connectivity index (χ4n) is 4.53. The van der Waals surface area contributed by atoms with E-state index in [1.165, 1.54) is 0 Å². The molecule has 0 saturated heterocycles. The van der Waals surface area contributed by atoms with Crippen molar-refractivity contribution in [2.24, 2.45) is 0 Å². The van der Waals surface area contributed by atoms with Crippen LogP contribution in [0.25, 0.3) is 0 Å². The van der Waals surface area contributed by atoms with E-state index in [-0.39, 0.29) is 21.1 Å². The second kappa shape index (κ2) is 45.6. The Balaban J connectivity index is 0.000000836. The van der Waals surface area contributed by atoms with Crippen molar-refractivity contribution in [1.82, 2.24) is 0 Å². The summed E-state index contributed by atoms with van der Waals surface area (Å²) in [5.41, 5.74) is 5.44. The minimum Gasteiger partial charge on any atom is -0.366 e. The molecule has 0 radical (unpaired) electrons. The standard InChI is InChI=1S/2C16H9.2C12H27O3P.Pt/c2*1-2-14-8-10-16(11-9-14)13-12-15-6-4-3-5-7-15;2*1-4-7-10-13-16(14-11-8-5-2)15-12-9-6-3;/h2*3-11H;2*4-12H2,1-3H3;/q2*-1;;;+2. The quantitative estimate of drug-likeness (QED) is 0.0302. The normalized spacial score (nSPS) is 9.82. The van der Waals surface area contributed by atoms with Crippen molar-refractivity contribution in [1.29, 1.82) is 0 Å². The van der Waals surface area contributed by atoms with Gasteiger partial charge in [-0.3, -0.25) is 11.8 Å². The summed E-state index contributed by atoms with van der Waals surface area (Å²) >= 11 is 0. The van der Waals surface area contributed by atoms with Crippen molar-refractivity contribution in [2.45, 2.75) is 119 Å². The fraction of sp³-hybridized carbons (Fsp3) is 0.429. The van der Waals surface area contributed by atoms with Crippen LogP contribution in [0.1, 0.15) is 152 Å². The van der Waals surface area contributed by atoms with Crippen molar-refractivity contribution in [3.63, 3.8) is 0 Å². The Hall–Kier alpha value is -3.57. The molecule has 0 amide bonds. The fourth-order valence-corrected chi connectivity index (χ4v) is 6.65. The van der Waals surface area contributed by atoms with Gasteiger partial charge in [0.05, 0.1) is 39.6 Å². The van der Waals surface area contributed by atoms with Gasteiger partial charge in [0.15, 0.2) is 0 Å². The Morgan fingerprint density at radius 3 is 0.723 bits per heavy atom. The molecule has 352 valence electrons. The van der Waals surface area contributed by atoms with Gasteiger partial charge in [-0.1, -0.05) is 164 Å². The molecule has 0 spiro atoms. The topological polar surface area (TPSA) is 55.4 Å². The molecule has 4 rings (SSSR count). The van der Waals surface area contributed by atoms with Gasteiger partial charge in [-0.05, 0) is 62.8 Å². The molecule has 0 fully saturated rings. The predicted octanol–water partition coefficient (Wildman–Crippen LogP) is 15.4. The van der Waals surface area contributed by atoms with Crippen LogP contribution in [-0.4, -0.2) is 39.6 Å². The van der Waals surface area contributed by atoms with E-state index in [9.17, 15) is 0 Å². The van der Waals surface area contributed by atoms with E-state index in [0.29, 0.717) is 0 Å². The Morgan fingerprint density at radius 1 is 0.323 bits per heavy atom. The van der Waals surface area contributed by atoms with E-state index in [1.807, 2.05) is 109 Å². The molecule has 0 aliphatic heterocycles. The van der Waals surface area contributed by atoms with E-state index in [2.05, 4.69) is 77.1 Å². The van der Waals surface area contributed by atoms with Gasteiger partial charge in [0.1, 0.15) is 0 Å². The van der Waals surface area contributed by atoms with Crippen molar-refractivity contribution in [3.8, 4) is 35.5 Å². The second-order valence-electron chi connectivity index (χ2n) is 14.2. The molecule has 0 bridgehead atoms. The Bertz CT molecular complexity index is 1700.